The molecule has 0 bridgehead atoms. The summed E-state index contributed by atoms with van der Waals surface area (Å²) in [6, 6.07) is 5.43. The monoisotopic (exact) mass is 406 g/mol. The van der Waals surface area contributed by atoms with E-state index < -0.39 is 0 Å². The van der Waals surface area contributed by atoms with Gasteiger partial charge in [-0.15, -0.1) is 20.4 Å². The van der Waals surface area contributed by atoms with Crippen LogP contribution in [0, 0.1) is 0 Å². The van der Waals surface area contributed by atoms with E-state index in [1.807, 2.05) is 19.2 Å². The van der Waals surface area contributed by atoms with Gasteiger partial charge in [0, 0.05) is 13.1 Å². The zero-order valence-corrected chi connectivity index (χ0v) is 16.8. The van der Waals surface area contributed by atoms with Crippen molar-refractivity contribution in [2.45, 2.75) is 17.3 Å². The molecule has 0 saturated carbocycles. The van der Waals surface area contributed by atoms with Crippen LogP contribution >= 0.6 is 23.1 Å². The van der Waals surface area contributed by atoms with E-state index in [1.54, 1.807) is 38.1 Å². The molecular formula is C16H18N6O3S2. The smallest absolute Gasteiger partial charge is 0.239 e. The van der Waals surface area contributed by atoms with Crippen LogP contribution in [0.4, 0.5) is 5.13 Å². The SMILES string of the molecule is COc1ccc(-c2nnc(NC(=O)C(C)Sc3nncn3C)s2)c(OC)c1. The van der Waals surface area contributed by atoms with Crippen molar-refractivity contribution in [3.8, 4) is 22.1 Å². The zero-order valence-electron chi connectivity index (χ0n) is 15.2. The summed E-state index contributed by atoms with van der Waals surface area (Å²) in [5.41, 5.74) is 0.776. The van der Waals surface area contributed by atoms with Gasteiger partial charge in [0.2, 0.25) is 11.0 Å². The van der Waals surface area contributed by atoms with Gasteiger partial charge in [0.15, 0.2) is 10.2 Å². The topological polar surface area (TPSA) is 104 Å². The lowest BCUT2D eigenvalue weighted by atomic mass is 10.2. The average Bonchev–Trinajstić information content (AvgIpc) is 3.30. The Morgan fingerprint density at radius 2 is 2.07 bits per heavy atom. The van der Waals surface area contributed by atoms with Crippen LogP contribution in [0.2, 0.25) is 0 Å². The molecule has 0 spiro atoms. The largest absolute Gasteiger partial charge is 0.497 e. The zero-order chi connectivity index (χ0) is 19.4. The van der Waals surface area contributed by atoms with E-state index in [4.69, 9.17) is 9.47 Å². The van der Waals surface area contributed by atoms with E-state index in [1.165, 1.54) is 23.1 Å². The van der Waals surface area contributed by atoms with Crippen LogP contribution < -0.4 is 14.8 Å². The maximum absolute atomic E-state index is 12.4. The molecule has 3 rings (SSSR count). The van der Waals surface area contributed by atoms with Gasteiger partial charge < -0.3 is 14.0 Å². The molecule has 1 unspecified atom stereocenters. The third-order valence-electron chi connectivity index (χ3n) is 3.62. The summed E-state index contributed by atoms with van der Waals surface area (Å²) in [6.45, 7) is 1.79. The van der Waals surface area contributed by atoms with Gasteiger partial charge in [-0.1, -0.05) is 23.1 Å². The van der Waals surface area contributed by atoms with Crippen LogP contribution in [0.15, 0.2) is 29.7 Å². The first-order chi connectivity index (χ1) is 13.0. The van der Waals surface area contributed by atoms with Gasteiger partial charge in [0.05, 0.1) is 25.0 Å². The van der Waals surface area contributed by atoms with Crippen molar-refractivity contribution in [2.24, 2.45) is 7.05 Å². The molecule has 0 aliphatic rings. The Bertz CT molecular complexity index is 942. The molecule has 142 valence electrons. The number of ether oxygens (including phenoxy) is 2. The van der Waals surface area contributed by atoms with Crippen LogP contribution in [-0.2, 0) is 11.8 Å². The van der Waals surface area contributed by atoms with Gasteiger partial charge in [-0.3, -0.25) is 10.1 Å². The van der Waals surface area contributed by atoms with Crippen molar-refractivity contribution in [3.63, 3.8) is 0 Å². The van der Waals surface area contributed by atoms with Crippen molar-refractivity contribution in [3.05, 3.63) is 24.5 Å². The number of thioether (sulfide) groups is 1. The summed E-state index contributed by atoms with van der Waals surface area (Å²) < 4.78 is 12.4. The lowest BCUT2D eigenvalue weighted by Crippen LogP contribution is -2.22. The van der Waals surface area contributed by atoms with Crippen molar-refractivity contribution in [1.82, 2.24) is 25.0 Å². The fraction of sp³-hybridized carbons (Fsp3) is 0.312. The molecule has 27 heavy (non-hydrogen) atoms. The van der Waals surface area contributed by atoms with Crippen molar-refractivity contribution >= 4 is 34.1 Å². The second-order valence-corrected chi connectivity index (χ2v) is 7.74. The maximum atomic E-state index is 12.4. The fourth-order valence-corrected chi connectivity index (χ4v) is 3.72. The Balaban J connectivity index is 1.70. The standard InChI is InChI=1S/C16H18N6O3S2/c1-9(26-16-21-17-8-22(16)2)13(23)18-15-20-19-14(27-15)11-6-5-10(24-3)7-12(11)25-4/h5-9H,1-4H3,(H,18,20,23). The molecule has 1 amide bonds. The maximum Gasteiger partial charge on any atom is 0.239 e. The van der Waals surface area contributed by atoms with Gasteiger partial charge in [-0.2, -0.15) is 0 Å². The van der Waals surface area contributed by atoms with Crippen LogP contribution in [0.5, 0.6) is 11.5 Å². The second-order valence-electron chi connectivity index (χ2n) is 5.45. The summed E-state index contributed by atoms with van der Waals surface area (Å²) in [4.78, 5) is 12.4. The Morgan fingerprint density at radius 3 is 2.74 bits per heavy atom. The molecule has 0 saturated heterocycles. The molecule has 2 heterocycles. The third-order valence-corrected chi connectivity index (χ3v) is 5.64. The molecule has 0 aliphatic carbocycles. The number of benzene rings is 1. The van der Waals surface area contributed by atoms with Gasteiger partial charge in [0.1, 0.15) is 17.8 Å². The molecule has 1 aromatic carbocycles. The number of carbonyl (C=O) groups is 1. The number of hydrogen-bond donors (Lipinski definition) is 1. The highest BCUT2D eigenvalue weighted by Crippen LogP contribution is 2.36. The lowest BCUT2D eigenvalue weighted by molar-refractivity contribution is -0.115. The van der Waals surface area contributed by atoms with Crippen molar-refractivity contribution < 1.29 is 14.3 Å². The number of nitrogens with one attached hydrogen (secondary N) is 1. The summed E-state index contributed by atoms with van der Waals surface area (Å²) in [7, 11) is 4.99. The minimum absolute atomic E-state index is 0.188. The highest BCUT2D eigenvalue weighted by atomic mass is 32.2. The third kappa shape index (κ3) is 4.37. The van der Waals surface area contributed by atoms with E-state index in [2.05, 4.69) is 25.7 Å². The first-order valence-corrected chi connectivity index (χ1v) is 9.59. The van der Waals surface area contributed by atoms with Gasteiger partial charge >= 0.3 is 0 Å². The normalized spacial score (nSPS) is 11.9. The van der Waals surface area contributed by atoms with Crippen molar-refractivity contribution in [1.29, 1.82) is 0 Å². The van der Waals surface area contributed by atoms with Crippen LogP contribution in [0.1, 0.15) is 6.92 Å². The molecule has 0 aliphatic heterocycles. The van der Waals surface area contributed by atoms with E-state index in [0.717, 1.165) is 5.56 Å². The van der Waals surface area contributed by atoms with Crippen LogP contribution in [0.3, 0.4) is 0 Å². The van der Waals surface area contributed by atoms with Crippen LogP contribution in [-0.4, -0.2) is 50.3 Å². The number of amides is 1. The fourth-order valence-electron chi connectivity index (χ4n) is 2.16. The average molecular weight is 406 g/mol. The van der Waals surface area contributed by atoms with Crippen LogP contribution in [0.25, 0.3) is 10.6 Å². The molecular weight excluding hydrogens is 388 g/mol. The number of rotatable bonds is 7. The van der Waals surface area contributed by atoms with Gasteiger partial charge in [-0.05, 0) is 19.1 Å². The summed E-state index contributed by atoms with van der Waals surface area (Å²) in [5, 5.41) is 20.1. The molecule has 0 radical (unpaired) electrons. The minimum Gasteiger partial charge on any atom is -0.497 e. The predicted octanol–water partition coefficient (Wildman–Crippen LogP) is 2.47. The second kappa shape index (κ2) is 8.35. The summed E-state index contributed by atoms with van der Waals surface area (Å²) in [6.07, 6.45) is 1.59. The Hall–Kier alpha value is -2.66. The highest BCUT2D eigenvalue weighted by Gasteiger charge is 2.20. The number of nitrogens with zero attached hydrogens (tertiary/aromatic N) is 5. The molecule has 1 atom stereocenters. The Labute approximate surface area is 164 Å². The summed E-state index contributed by atoms with van der Waals surface area (Å²) in [5.74, 6) is 1.12. The molecule has 2 aromatic heterocycles. The molecule has 9 nitrogen and oxygen atoms in total. The Kier molecular flexibility index (Phi) is 5.91. The highest BCUT2D eigenvalue weighted by molar-refractivity contribution is 8.00. The number of aromatic nitrogens is 5. The quantitative estimate of drug-likeness (QED) is 0.597. The van der Waals surface area contributed by atoms with E-state index in [-0.39, 0.29) is 11.2 Å². The molecule has 3 aromatic rings. The molecule has 11 heteroatoms. The first kappa shape index (κ1) is 19.1. The number of hydrogen-bond acceptors (Lipinski definition) is 9. The van der Waals surface area contributed by atoms with E-state index >= 15 is 0 Å². The molecule has 1 N–H and O–H groups in total. The Morgan fingerprint density at radius 1 is 1.26 bits per heavy atom. The van der Waals surface area contributed by atoms with Crippen molar-refractivity contribution in [2.75, 3.05) is 19.5 Å². The van der Waals surface area contributed by atoms with E-state index in [0.29, 0.717) is 26.8 Å². The minimum atomic E-state index is -0.365. The van der Waals surface area contributed by atoms with Gasteiger partial charge in [0.25, 0.3) is 0 Å². The first-order valence-electron chi connectivity index (χ1n) is 7.89. The van der Waals surface area contributed by atoms with E-state index in [9.17, 15) is 4.79 Å². The summed E-state index contributed by atoms with van der Waals surface area (Å²) >= 11 is 2.59. The molecule has 0 fully saturated rings. The lowest BCUT2D eigenvalue weighted by Gasteiger charge is -2.09. The number of methoxy groups -OCH3 is 2. The predicted molar refractivity (Wildman–Crippen MR) is 103 cm³/mol. The number of anilines is 1. The number of carbonyl (C=O) groups excluding carboxylic acids is 1. The van der Waals surface area contributed by atoms with Gasteiger partial charge in [-0.25, -0.2) is 0 Å². The number of aryl methyl sites for hydroxylation is 1.